The highest BCUT2D eigenvalue weighted by atomic mass is 31.2. The van der Waals surface area contributed by atoms with Crippen LogP contribution in [0.4, 0.5) is 11.4 Å². The Balaban J connectivity index is 2.32. The van der Waals surface area contributed by atoms with Gasteiger partial charge in [0.15, 0.2) is 0 Å². The van der Waals surface area contributed by atoms with Crippen LogP contribution in [0.25, 0.3) is 0 Å². The van der Waals surface area contributed by atoms with E-state index >= 15 is 0 Å². The topological polar surface area (TPSA) is 81.9 Å². The zero-order chi connectivity index (χ0) is 12.5. The Morgan fingerprint density at radius 2 is 2.00 bits per heavy atom. The molecule has 7 heteroatoms. The second kappa shape index (κ2) is 4.58. The van der Waals surface area contributed by atoms with Gasteiger partial charge in [-0.3, -0.25) is 4.79 Å². The molecule has 0 unspecified atom stereocenters. The number of nitrogens with zero attached hydrogens (tertiary/aromatic N) is 1. The van der Waals surface area contributed by atoms with E-state index in [9.17, 15) is 9.69 Å². The van der Waals surface area contributed by atoms with E-state index in [2.05, 4.69) is 10.6 Å². The largest absolute Gasteiger partial charge is 0.444 e. The molecule has 91 valence electrons. The first-order valence-corrected chi connectivity index (χ1v) is 6.59. The van der Waals surface area contributed by atoms with E-state index < -0.39 is 19.6 Å². The van der Waals surface area contributed by atoms with Crippen molar-refractivity contribution in [3.05, 3.63) is 24.3 Å². The molecule has 0 spiro atoms. The third-order valence-electron chi connectivity index (χ3n) is 2.49. The quantitative estimate of drug-likeness (QED) is 0.797. The predicted octanol–water partition coefficient (Wildman–Crippen LogP) is 1.25. The average molecular weight is 256 g/mol. The molecule has 0 fully saturated rings. The Kier molecular flexibility index (Phi) is 3.31. The van der Waals surface area contributed by atoms with Crippen molar-refractivity contribution in [2.45, 2.75) is 5.78 Å². The van der Waals surface area contributed by atoms with Crippen LogP contribution < -0.4 is 10.6 Å². The number of nitrogens with one attached hydrogen (secondary N) is 1. The molecule has 6 nitrogen and oxygen atoms in total. The summed E-state index contributed by atoms with van der Waals surface area (Å²) in [5, 5.41) is 6.84. The second-order valence-corrected chi connectivity index (χ2v) is 5.79. The van der Waals surface area contributed by atoms with E-state index in [1.807, 2.05) is 0 Å². The summed E-state index contributed by atoms with van der Waals surface area (Å²) in [6.45, 7) is 0. The van der Waals surface area contributed by atoms with E-state index in [1.165, 1.54) is 14.2 Å². The van der Waals surface area contributed by atoms with Gasteiger partial charge in [0, 0.05) is 0 Å². The minimum absolute atomic E-state index is 0.428. The molecule has 1 radical (unpaired) electrons. The van der Waals surface area contributed by atoms with Gasteiger partial charge in [0.2, 0.25) is 0 Å². The van der Waals surface area contributed by atoms with Crippen molar-refractivity contribution in [2.24, 2.45) is 0 Å². The number of amides is 1. The van der Waals surface area contributed by atoms with Gasteiger partial charge in [-0.25, -0.2) is 5.32 Å². The molecule has 1 aliphatic rings. The predicted molar refractivity (Wildman–Crippen MR) is 63.8 cm³/mol. The molecule has 1 aromatic carbocycles. The second-order valence-electron chi connectivity index (χ2n) is 3.44. The molecule has 0 aliphatic carbocycles. The van der Waals surface area contributed by atoms with Gasteiger partial charge in [-0.15, -0.1) is 0 Å². The lowest BCUT2D eigenvalue weighted by atomic mass is 10.2. The molecule has 2 N–H and O–H groups in total. The van der Waals surface area contributed by atoms with Gasteiger partial charge in [-0.05, 0) is 12.1 Å². The van der Waals surface area contributed by atoms with Crippen LogP contribution in [0, 0.1) is 0 Å². The van der Waals surface area contributed by atoms with Crippen molar-refractivity contribution in [1.29, 1.82) is 0 Å². The maximum atomic E-state index is 11.8. The van der Waals surface area contributed by atoms with E-state index in [4.69, 9.17) is 9.05 Å². The fraction of sp³-hybridized carbons (Fsp3) is 0.300. The lowest BCUT2D eigenvalue weighted by Crippen LogP contribution is -2.40. The minimum atomic E-state index is -3.30. The lowest BCUT2D eigenvalue weighted by molar-refractivity contribution is -0.117. The fourth-order valence-corrected chi connectivity index (χ4v) is 2.75. The maximum absolute atomic E-state index is 11.8. The number of carbonyl (C=O) groups excluding carboxylic acids is 1. The zero-order valence-electron chi connectivity index (χ0n) is 9.45. The SMILES string of the molecule is CO[P+](O)(OC)[C@@H]1[N]c2ccccc2NC1=O. The number of hydrogen-bond acceptors (Lipinski definition) is 4. The molecule has 1 amide bonds. The number of anilines is 1. The number of benzene rings is 1. The van der Waals surface area contributed by atoms with Crippen LogP contribution in [-0.4, -0.2) is 30.8 Å². The Bertz CT molecular complexity index is 436. The molecular weight excluding hydrogens is 243 g/mol. The van der Waals surface area contributed by atoms with Crippen LogP contribution in [-0.2, 0) is 13.8 Å². The molecule has 0 bridgehead atoms. The third-order valence-corrected chi connectivity index (χ3v) is 4.50. The van der Waals surface area contributed by atoms with Crippen LogP contribution in [0.2, 0.25) is 0 Å². The van der Waals surface area contributed by atoms with Crippen molar-refractivity contribution in [1.82, 2.24) is 5.32 Å². The first kappa shape index (κ1) is 12.3. The fourth-order valence-electron chi connectivity index (χ4n) is 1.57. The Labute approximate surface area is 99.5 Å². The van der Waals surface area contributed by atoms with Crippen LogP contribution >= 0.6 is 7.94 Å². The molecule has 17 heavy (non-hydrogen) atoms. The van der Waals surface area contributed by atoms with Gasteiger partial charge in [-0.1, -0.05) is 12.1 Å². The van der Waals surface area contributed by atoms with Crippen molar-refractivity contribution < 1.29 is 18.7 Å². The van der Waals surface area contributed by atoms with Gasteiger partial charge in [-0.2, -0.15) is 13.9 Å². The Hall–Kier alpha value is -1.20. The molecule has 1 aromatic rings. The van der Waals surface area contributed by atoms with Crippen molar-refractivity contribution >= 4 is 25.2 Å². The summed E-state index contributed by atoms with van der Waals surface area (Å²) in [7, 11) is -0.712. The first-order valence-electron chi connectivity index (χ1n) is 4.94. The first-order chi connectivity index (χ1) is 8.10. The number of para-hydroxylation sites is 2. The van der Waals surface area contributed by atoms with Crippen molar-refractivity contribution in [2.75, 3.05) is 19.5 Å². The van der Waals surface area contributed by atoms with Gasteiger partial charge in [0.1, 0.15) is 0 Å². The molecule has 0 aromatic heterocycles. The number of rotatable bonds is 3. The summed E-state index contributed by atoms with van der Waals surface area (Å²) in [4.78, 5) is 21.9. The van der Waals surface area contributed by atoms with Gasteiger partial charge < -0.3 is 5.32 Å². The van der Waals surface area contributed by atoms with E-state index in [0.29, 0.717) is 11.4 Å². The molecule has 1 atom stereocenters. The maximum Gasteiger partial charge on any atom is 0.444 e. The summed E-state index contributed by atoms with van der Waals surface area (Å²) in [5.41, 5.74) is 1.22. The summed E-state index contributed by atoms with van der Waals surface area (Å²) in [6, 6.07) is 7.08. The molecule has 1 aliphatic heterocycles. The number of hydrogen-bond donors (Lipinski definition) is 2. The highest BCUT2D eigenvalue weighted by Gasteiger charge is 2.56. The van der Waals surface area contributed by atoms with E-state index in [-0.39, 0.29) is 0 Å². The zero-order valence-corrected chi connectivity index (χ0v) is 10.3. The number of fused-ring (bicyclic) bond motifs is 1. The van der Waals surface area contributed by atoms with Crippen LogP contribution in [0.1, 0.15) is 0 Å². The highest BCUT2D eigenvalue weighted by molar-refractivity contribution is 7.62. The molecular formula is C10H13N2O4P+. The molecule has 2 rings (SSSR count). The van der Waals surface area contributed by atoms with Crippen LogP contribution in [0.5, 0.6) is 0 Å². The minimum Gasteiger partial charge on any atom is -0.319 e. The van der Waals surface area contributed by atoms with Gasteiger partial charge in [0.25, 0.3) is 5.91 Å². The average Bonchev–Trinajstić information content (AvgIpc) is 2.37. The van der Waals surface area contributed by atoms with E-state index in [0.717, 1.165) is 0 Å². The standard InChI is InChI=1S/C10H12N2O4P/c1-15-17(14,16-2)10-9(13)11-7-5-3-4-6-8(7)12-10/h3-6,10,14H,1-2H3/p+1/t10-/m0/s1. The van der Waals surface area contributed by atoms with Gasteiger partial charge in [0.05, 0.1) is 25.6 Å². The Morgan fingerprint density at radius 3 is 2.65 bits per heavy atom. The lowest BCUT2D eigenvalue weighted by Gasteiger charge is -2.26. The highest BCUT2D eigenvalue weighted by Crippen LogP contribution is 2.61. The summed E-state index contributed by atoms with van der Waals surface area (Å²) in [5.74, 6) is -1.48. The number of carbonyl (C=O) groups is 1. The van der Waals surface area contributed by atoms with Crippen LogP contribution in [0.3, 0.4) is 0 Å². The normalized spacial score (nSPS) is 19.2. The van der Waals surface area contributed by atoms with E-state index in [1.54, 1.807) is 24.3 Å². The summed E-state index contributed by atoms with van der Waals surface area (Å²) < 4.78 is 9.80. The molecule has 0 saturated carbocycles. The molecule has 1 heterocycles. The van der Waals surface area contributed by atoms with Crippen LogP contribution in [0.15, 0.2) is 24.3 Å². The summed E-state index contributed by atoms with van der Waals surface area (Å²) >= 11 is 0. The smallest absolute Gasteiger partial charge is 0.319 e. The third kappa shape index (κ3) is 2.12. The van der Waals surface area contributed by atoms with Gasteiger partial charge >= 0.3 is 13.7 Å². The monoisotopic (exact) mass is 256 g/mol. The van der Waals surface area contributed by atoms with Crippen molar-refractivity contribution in [3.63, 3.8) is 0 Å². The molecule has 0 saturated heterocycles. The summed E-state index contributed by atoms with van der Waals surface area (Å²) in [6.07, 6.45) is 0. The Morgan fingerprint density at radius 1 is 1.35 bits per heavy atom. The van der Waals surface area contributed by atoms with Crippen molar-refractivity contribution in [3.8, 4) is 0 Å².